The number of hydrogen-bond donors (Lipinski definition) is 5. The Bertz CT molecular complexity index is 4640. The Morgan fingerprint density at radius 3 is 1.73 bits per heavy atom. The van der Waals surface area contributed by atoms with Crippen molar-refractivity contribution in [3.8, 4) is 33.6 Å². The Morgan fingerprint density at radius 2 is 1.21 bits per heavy atom. The number of esters is 1. The van der Waals surface area contributed by atoms with E-state index in [1.807, 2.05) is 97.3 Å². The van der Waals surface area contributed by atoms with Gasteiger partial charge in [0.25, 0.3) is 11.1 Å². The highest BCUT2D eigenvalue weighted by Crippen LogP contribution is 2.34. The smallest absolute Gasteiger partial charge is 0.376 e. The van der Waals surface area contributed by atoms with Gasteiger partial charge in [-0.05, 0) is 86.6 Å². The van der Waals surface area contributed by atoms with Crippen LogP contribution >= 0.6 is 45.2 Å². The fraction of sp³-hybridized carbons (Fsp3) is 0.226. The number of carbonyl (C=O) groups is 2. The van der Waals surface area contributed by atoms with Crippen molar-refractivity contribution in [3.63, 3.8) is 0 Å². The van der Waals surface area contributed by atoms with Crippen molar-refractivity contribution in [2.75, 3.05) is 24.4 Å². The molecule has 0 aliphatic carbocycles. The lowest BCUT2D eigenvalue weighted by Crippen LogP contribution is -2.28. The number of methoxy groups -OCH3 is 1. The van der Waals surface area contributed by atoms with E-state index in [1.165, 1.54) is 50.0 Å². The number of fused-ring (bicyclic) bond motifs is 4. The highest BCUT2D eigenvalue weighted by atomic mass is 127. The van der Waals surface area contributed by atoms with Crippen molar-refractivity contribution in [3.05, 3.63) is 191 Å². The van der Waals surface area contributed by atoms with E-state index in [1.54, 1.807) is 40.0 Å². The van der Waals surface area contributed by atoms with Crippen LogP contribution in [0.5, 0.6) is 0 Å². The standard InChI is InChI=1S/C33H31N9O4.C27H22N10O3.C2H4I2/c1-3-23(39-28-27-31(37-18-36-28)41(19-38-27)25-14-7-8-15-46-25)30-40-24-13-9-12-22(20-16-34-29(35-17-20)33(44)45-2)26(24)32(43)42(30)21-10-5-4-6-11-21;1-2-18(34-23-21-22(31-13-30-21)32-14-33-23)25-35-19-10-6-9-17(15-11-28-24(29-12-15)26(38)36-40)20(19)27(39)37(25)16-7-4-3-5-8-16;1-2(3)4/h4-6,9-13,16-19,23,25H,3,7-8,14-15H2,1-2H3,(H,36,37,39);3-14,18,40H,2H2,1H3,(H,36,38)(H2,30,31,32,33,34);2H,1H3/t23-,25?;18-;/m00./s1. The zero-order chi connectivity index (χ0) is 62.8. The number of imidazole rings is 2. The molecule has 0 radical (unpaired) electrons. The summed E-state index contributed by atoms with van der Waals surface area (Å²) >= 11 is 4.66. The molecule has 0 spiro atoms. The molecule has 4 aromatic carbocycles. The summed E-state index contributed by atoms with van der Waals surface area (Å²) in [6.07, 6.45) is 16.2. The summed E-state index contributed by atoms with van der Waals surface area (Å²) in [5.74, 6) is 0.343. The number of rotatable bonds is 15. The van der Waals surface area contributed by atoms with Crippen molar-refractivity contribution >= 4 is 113 Å². The number of aromatic amines is 1. The van der Waals surface area contributed by atoms with Gasteiger partial charge in [0.05, 0.1) is 67.0 Å². The number of H-pyrrole nitrogens is 1. The molecule has 456 valence electrons. The predicted octanol–water partition coefficient (Wildman–Crippen LogP) is 10.4. The molecule has 90 heavy (non-hydrogen) atoms. The van der Waals surface area contributed by atoms with Crippen molar-refractivity contribution in [1.82, 2.24) is 84.0 Å². The van der Waals surface area contributed by atoms with Crippen LogP contribution in [0.2, 0.25) is 0 Å². The minimum Gasteiger partial charge on any atom is -0.463 e. The Labute approximate surface area is 539 Å². The third-order valence-corrected chi connectivity index (χ3v) is 14.6. The maximum absolute atomic E-state index is 14.6. The molecule has 1 saturated heterocycles. The zero-order valence-electron chi connectivity index (χ0n) is 48.8. The number of hydroxylamine groups is 1. The summed E-state index contributed by atoms with van der Waals surface area (Å²) < 4.78 is 16.7. The Morgan fingerprint density at radius 1 is 0.678 bits per heavy atom. The lowest BCUT2D eigenvalue weighted by Gasteiger charge is -2.24. The number of amides is 1. The first-order chi connectivity index (χ1) is 43.9. The molecule has 1 aliphatic heterocycles. The van der Waals surface area contributed by atoms with Gasteiger partial charge in [0.1, 0.15) is 36.0 Å². The van der Waals surface area contributed by atoms with Crippen LogP contribution in [-0.2, 0) is 9.47 Å². The number of halogens is 2. The van der Waals surface area contributed by atoms with E-state index in [9.17, 15) is 19.2 Å². The van der Waals surface area contributed by atoms with Crippen LogP contribution in [0.1, 0.15) is 104 Å². The van der Waals surface area contributed by atoms with Gasteiger partial charge in [0, 0.05) is 42.5 Å². The molecule has 1 aliphatic rings. The number of hydrogen-bond acceptors (Lipinski definition) is 21. The SMILES string of the molecule is CC(I)I.CC[C@H](Nc1ncnc2c1ncn2C1CCCCO1)c1nc2cccc(-c3cnc(C(=O)OC)nc3)c2c(=O)n1-c1ccccc1.CC[C@H](Nc1ncnc2nc[nH]c12)c1nc2cccc(-c3cnc(C(=O)NO)nc3)c2c(=O)n1-c1ccccc1. The van der Waals surface area contributed by atoms with Crippen molar-refractivity contribution in [2.24, 2.45) is 0 Å². The number of anilines is 2. The van der Waals surface area contributed by atoms with E-state index >= 15 is 0 Å². The van der Waals surface area contributed by atoms with Crippen LogP contribution in [0.25, 0.3) is 77.8 Å². The topological polar surface area (TPSA) is 328 Å². The first-order valence-corrected chi connectivity index (χ1v) is 31.0. The van der Waals surface area contributed by atoms with Gasteiger partial charge in [0.15, 0.2) is 28.4 Å². The Hall–Kier alpha value is -9.66. The average molecular weight is 1430 g/mol. The van der Waals surface area contributed by atoms with E-state index in [-0.39, 0.29) is 29.0 Å². The summed E-state index contributed by atoms with van der Waals surface area (Å²) in [4.78, 5) is 108. The minimum atomic E-state index is -0.837. The van der Waals surface area contributed by atoms with Gasteiger partial charge < -0.3 is 25.1 Å². The summed E-state index contributed by atoms with van der Waals surface area (Å²) in [5, 5.41) is 16.6. The molecule has 12 aromatic rings. The fourth-order valence-electron chi connectivity index (χ4n) is 10.4. The molecule has 28 heteroatoms. The monoisotopic (exact) mass is 1430 g/mol. The highest BCUT2D eigenvalue weighted by molar-refractivity contribution is 14.2. The summed E-state index contributed by atoms with van der Waals surface area (Å²) in [6, 6.07) is 28.7. The van der Waals surface area contributed by atoms with Crippen LogP contribution < -0.4 is 27.2 Å². The Balaban J connectivity index is 0.000000176. The Kier molecular flexibility index (Phi) is 19.4. The third kappa shape index (κ3) is 13.1. The molecule has 8 aromatic heterocycles. The molecule has 1 unspecified atom stereocenters. The van der Waals surface area contributed by atoms with Crippen LogP contribution in [0, 0.1) is 0 Å². The maximum atomic E-state index is 14.6. The van der Waals surface area contributed by atoms with Gasteiger partial charge in [0.2, 0.25) is 11.6 Å². The second-order valence-electron chi connectivity index (χ2n) is 20.2. The largest absolute Gasteiger partial charge is 0.463 e. The second-order valence-corrected chi connectivity index (χ2v) is 26.4. The van der Waals surface area contributed by atoms with Crippen molar-refractivity contribution in [1.29, 1.82) is 0 Å². The van der Waals surface area contributed by atoms with E-state index < -0.39 is 24.0 Å². The third-order valence-electron chi connectivity index (χ3n) is 14.6. The summed E-state index contributed by atoms with van der Waals surface area (Å²) in [5.41, 5.74) is 7.95. The van der Waals surface area contributed by atoms with Gasteiger partial charge >= 0.3 is 11.9 Å². The van der Waals surface area contributed by atoms with Crippen LogP contribution in [0.4, 0.5) is 11.6 Å². The molecule has 0 saturated carbocycles. The first kappa shape index (κ1) is 62.0. The normalized spacial score (nSPS) is 13.7. The highest BCUT2D eigenvalue weighted by Gasteiger charge is 2.27. The molecule has 13 rings (SSSR count). The summed E-state index contributed by atoms with van der Waals surface area (Å²) in [7, 11) is 1.27. The molecule has 5 N–H and O–H groups in total. The van der Waals surface area contributed by atoms with E-state index in [0.717, 1.165) is 21.2 Å². The molecule has 0 bridgehead atoms. The fourth-order valence-corrected chi connectivity index (χ4v) is 10.4. The van der Waals surface area contributed by atoms with Gasteiger partial charge in [-0.25, -0.2) is 70.1 Å². The lowest BCUT2D eigenvalue weighted by atomic mass is 10.0. The molecule has 1 amide bonds. The van der Waals surface area contributed by atoms with E-state index in [4.69, 9.17) is 24.6 Å². The van der Waals surface area contributed by atoms with Gasteiger partial charge in [-0.15, -0.1) is 0 Å². The van der Waals surface area contributed by atoms with Crippen molar-refractivity contribution in [2.45, 2.75) is 73.1 Å². The number of alkyl halides is 2. The number of aromatic nitrogens is 16. The van der Waals surface area contributed by atoms with Crippen molar-refractivity contribution < 1.29 is 24.3 Å². The molecular weight excluding hydrogens is 1380 g/mol. The van der Waals surface area contributed by atoms with E-state index in [2.05, 4.69) is 118 Å². The average Bonchev–Trinajstić information content (AvgIpc) is 1.05. The maximum Gasteiger partial charge on any atom is 0.376 e. The number of nitrogens with zero attached hydrogens (tertiary/aromatic N) is 15. The number of para-hydroxylation sites is 2. The summed E-state index contributed by atoms with van der Waals surface area (Å²) in [6.45, 7) is 6.86. The molecular formula is C62H57I2N19O7. The number of nitrogens with one attached hydrogen (secondary N) is 4. The predicted molar refractivity (Wildman–Crippen MR) is 354 cm³/mol. The molecule has 26 nitrogen and oxygen atoms in total. The number of benzene rings is 4. The van der Waals surface area contributed by atoms with E-state index in [0.29, 0.717) is 120 Å². The van der Waals surface area contributed by atoms with Gasteiger partial charge in [-0.1, -0.05) is 120 Å². The quantitative estimate of drug-likeness (QED) is 0.0209. The molecule has 3 atom stereocenters. The van der Waals surface area contributed by atoms with Crippen LogP contribution in [0.15, 0.2) is 157 Å². The van der Waals surface area contributed by atoms with Crippen LogP contribution in [-0.4, -0.2) is 111 Å². The lowest BCUT2D eigenvalue weighted by molar-refractivity contribution is -0.0298. The number of ether oxygens (including phenoxy) is 2. The number of carbonyl (C=O) groups excluding carboxylic acids is 2. The van der Waals surface area contributed by atoms with Crippen LogP contribution in [0.3, 0.4) is 0 Å². The molecule has 1 fully saturated rings. The zero-order valence-corrected chi connectivity index (χ0v) is 53.1. The molecule has 9 heterocycles. The second kappa shape index (κ2) is 28.2. The van der Waals surface area contributed by atoms with Gasteiger partial charge in [-0.2, -0.15) is 0 Å². The van der Waals surface area contributed by atoms with Gasteiger partial charge in [-0.3, -0.25) is 33.3 Å². The first-order valence-electron chi connectivity index (χ1n) is 28.5. The minimum absolute atomic E-state index is 0.0691.